The lowest BCUT2D eigenvalue weighted by molar-refractivity contribution is 0.129. The van der Waals surface area contributed by atoms with Gasteiger partial charge >= 0.3 is 0 Å². The molecule has 1 aliphatic carbocycles. The van der Waals surface area contributed by atoms with Crippen LogP contribution in [0.3, 0.4) is 0 Å². The number of hydrogen-bond acceptors (Lipinski definition) is 1. The van der Waals surface area contributed by atoms with Gasteiger partial charge in [-0.3, -0.25) is 0 Å². The first-order valence-electron chi connectivity index (χ1n) is 6.20. The molecule has 1 nitrogen and oxygen atoms in total. The number of hydrogen-bond donors (Lipinski definition) is 0. The van der Waals surface area contributed by atoms with Crippen molar-refractivity contribution in [3.8, 4) is 5.75 Å². The zero-order chi connectivity index (χ0) is 11.4. The summed E-state index contributed by atoms with van der Waals surface area (Å²) in [5, 5.41) is 0. The molecule has 1 aromatic carbocycles. The Balaban J connectivity index is 1.87. The minimum atomic E-state index is -0.222. The maximum atomic E-state index is 13.0. The van der Waals surface area contributed by atoms with Gasteiger partial charge in [0.2, 0.25) is 0 Å². The van der Waals surface area contributed by atoms with E-state index in [1.807, 2.05) is 6.07 Å². The molecular weight excluding hydrogens is 203 g/mol. The quantitative estimate of drug-likeness (QED) is 0.745. The Labute approximate surface area is 96.6 Å². The summed E-state index contributed by atoms with van der Waals surface area (Å²) in [7, 11) is 0. The highest BCUT2D eigenvalue weighted by atomic mass is 19.1. The summed E-state index contributed by atoms with van der Waals surface area (Å²) < 4.78 is 18.7. The third-order valence-corrected chi connectivity index (χ3v) is 3.47. The third-order valence-electron chi connectivity index (χ3n) is 3.47. The summed E-state index contributed by atoms with van der Waals surface area (Å²) in [6, 6.07) is 6.43. The van der Waals surface area contributed by atoms with E-state index in [2.05, 4.69) is 6.92 Å². The second-order valence-corrected chi connectivity index (χ2v) is 4.63. The lowest BCUT2D eigenvalue weighted by atomic mass is 9.86. The van der Waals surface area contributed by atoms with Crippen molar-refractivity contribution in [2.24, 2.45) is 5.92 Å². The van der Waals surface area contributed by atoms with E-state index in [4.69, 9.17) is 4.74 Å². The third kappa shape index (κ3) is 2.97. The maximum Gasteiger partial charge on any atom is 0.126 e. The van der Waals surface area contributed by atoms with Crippen LogP contribution in [0.4, 0.5) is 4.39 Å². The SMILES string of the molecule is CCC1CCC(Oc2cccc(F)c2)CC1. The molecule has 88 valence electrons. The Bertz CT molecular complexity index is 329. The van der Waals surface area contributed by atoms with Crippen molar-refractivity contribution in [1.82, 2.24) is 0 Å². The van der Waals surface area contributed by atoms with Gasteiger partial charge in [0.05, 0.1) is 6.10 Å². The van der Waals surface area contributed by atoms with Crippen LogP contribution in [0.5, 0.6) is 5.75 Å². The van der Waals surface area contributed by atoms with E-state index in [-0.39, 0.29) is 11.9 Å². The normalized spacial score (nSPS) is 25.4. The van der Waals surface area contributed by atoms with E-state index in [9.17, 15) is 4.39 Å². The molecule has 16 heavy (non-hydrogen) atoms. The van der Waals surface area contributed by atoms with Crippen LogP contribution in [0.2, 0.25) is 0 Å². The highest BCUT2D eigenvalue weighted by Gasteiger charge is 2.21. The first kappa shape index (κ1) is 11.4. The van der Waals surface area contributed by atoms with Crippen LogP contribution in [-0.2, 0) is 0 Å². The van der Waals surface area contributed by atoms with Crippen molar-refractivity contribution in [2.45, 2.75) is 45.1 Å². The fourth-order valence-electron chi connectivity index (χ4n) is 2.39. The molecule has 0 unspecified atom stereocenters. The zero-order valence-electron chi connectivity index (χ0n) is 9.79. The van der Waals surface area contributed by atoms with Gasteiger partial charge in [0.1, 0.15) is 11.6 Å². The molecule has 1 fully saturated rings. The van der Waals surface area contributed by atoms with Crippen LogP contribution >= 0.6 is 0 Å². The van der Waals surface area contributed by atoms with Crippen LogP contribution in [-0.4, -0.2) is 6.10 Å². The topological polar surface area (TPSA) is 9.23 Å². The predicted octanol–water partition coefficient (Wildman–Crippen LogP) is 4.17. The summed E-state index contributed by atoms with van der Waals surface area (Å²) in [5.41, 5.74) is 0. The predicted molar refractivity (Wildman–Crippen MR) is 63.1 cm³/mol. The average Bonchev–Trinajstić information content (AvgIpc) is 2.30. The van der Waals surface area contributed by atoms with Gasteiger partial charge in [-0.25, -0.2) is 4.39 Å². The molecule has 2 rings (SSSR count). The monoisotopic (exact) mass is 222 g/mol. The lowest BCUT2D eigenvalue weighted by Crippen LogP contribution is -2.23. The van der Waals surface area contributed by atoms with Gasteiger partial charge in [-0.05, 0) is 43.7 Å². The second kappa shape index (κ2) is 5.33. The van der Waals surface area contributed by atoms with Gasteiger partial charge in [0, 0.05) is 6.07 Å². The number of halogens is 1. The Kier molecular flexibility index (Phi) is 3.81. The Morgan fingerprint density at radius 3 is 2.62 bits per heavy atom. The first-order valence-corrected chi connectivity index (χ1v) is 6.20. The number of benzene rings is 1. The molecule has 1 aromatic rings. The standard InChI is InChI=1S/C14H19FO/c1-2-11-6-8-13(9-7-11)16-14-5-3-4-12(15)10-14/h3-5,10-11,13H,2,6-9H2,1H3. The largest absolute Gasteiger partial charge is 0.490 e. The molecule has 0 saturated heterocycles. The van der Waals surface area contributed by atoms with E-state index in [1.54, 1.807) is 6.07 Å². The van der Waals surface area contributed by atoms with E-state index in [0.29, 0.717) is 5.75 Å². The van der Waals surface area contributed by atoms with Crippen LogP contribution in [0.15, 0.2) is 24.3 Å². The molecule has 0 bridgehead atoms. The summed E-state index contributed by atoms with van der Waals surface area (Å²) >= 11 is 0. The first-order chi connectivity index (χ1) is 7.78. The van der Waals surface area contributed by atoms with Crippen molar-refractivity contribution in [3.05, 3.63) is 30.1 Å². The molecule has 1 aliphatic rings. The van der Waals surface area contributed by atoms with Crippen LogP contribution in [0, 0.1) is 11.7 Å². The van der Waals surface area contributed by atoms with Crippen molar-refractivity contribution in [1.29, 1.82) is 0 Å². The van der Waals surface area contributed by atoms with Gasteiger partial charge in [0.25, 0.3) is 0 Å². The summed E-state index contributed by atoms with van der Waals surface area (Å²) in [6.45, 7) is 2.25. The highest BCUT2D eigenvalue weighted by molar-refractivity contribution is 5.22. The van der Waals surface area contributed by atoms with Crippen LogP contribution in [0.25, 0.3) is 0 Å². The molecule has 0 heterocycles. The average molecular weight is 222 g/mol. The fraction of sp³-hybridized carbons (Fsp3) is 0.571. The van der Waals surface area contributed by atoms with Gasteiger partial charge in [-0.15, -0.1) is 0 Å². The van der Waals surface area contributed by atoms with E-state index >= 15 is 0 Å². The van der Waals surface area contributed by atoms with Gasteiger partial charge in [-0.2, -0.15) is 0 Å². The summed E-state index contributed by atoms with van der Waals surface area (Å²) in [5.74, 6) is 1.31. The molecule has 0 spiro atoms. The molecule has 0 aromatic heterocycles. The van der Waals surface area contributed by atoms with Crippen molar-refractivity contribution in [2.75, 3.05) is 0 Å². The molecule has 0 atom stereocenters. The number of ether oxygens (including phenoxy) is 1. The number of rotatable bonds is 3. The molecule has 0 amide bonds. The van der Waals surface area contributed by atoms with E-state index in [0.717, 1.165) is 18.8 Å². The van der Waals surface area contributed by atoms with Crippen LogP contribution in [0.1, 0.15) is 39.0 Å². The minimum Gasteiger partial charge on any atom is -0.490 e. The molecule has 0 aliphatic heterocycles. The Hall–Kier alpha value is -1.05. The highest BCUT2D eigenvalue weighted by Crippen LogP contribution is 2.29. The Morgan fingerprint density at radius 2 is 2.00 bits per heavy atom. The smallest absolute Gasteiger partial charge is 0.126 e. The summed E-state index contributed by atoms with van der Waals surface area (Å²) in [4.78, 5) is 0. The van der Waals surface area contributed by atoms with Gasteiger partial charge in [0.15, 0.2) is 0 Å². The van der Waals surface area contributed by atoms with Crippen LogP contribution < -0.4 is 4.74 Å². The minimum absolute atomic E-state index is 0.222. The summed E-state index contributed by atoms with van der Waals surface area (Å²) in [6.07, 6.45) is 6.26. The second-order valence-electron chi connectivity index (χ2n) is 4.63. The van der Waals surface area contributed by atoms with E-state index in [1.165, 1.54) is 31.4 Å². The maximum absolute atomic E-state index is 13.0. The van der Waals surface area contributed by atoms with Gasteiger partial charge < -0.3 is 4.74 Å². The molecule has 2 heteroatoms. The molecular formula is C14H19FO. The van der Waals surface area contributed by atoms with Crippen molar-refractivity contribution >= 4 is 0 Å². The van der Waals surface area contributed by atoms with Gasteiger partial charge in [-0.1, -0.05) is 19.4 Å². The lowest BCUT2D eigenvalue weighted by Gasteiger charge is -2.28. The molecule has 0 radical (unpaired) electrons. The van der Waals surface area contributed by atoms with Crippen molar-refractivity contribution < 1.29 is 9.13 Å². The molecule has 1 saturated carbocycles. The fourth-order valence-corrected chi connectivity index (χ4v) is 2.39. The molecule has 0 N–H and O–H groups in total. The van der Waals surface area contributed by atoms with E-state index < -0.39 is 0 Å². The Morgan fingerprint density at radius 1 is 1.25 bits per heavy atom. The zero-order valence-corrected chi connectivity index (χ0v) is 9.79. The van der Waals surface area contributed by atoms with Crippen molar-refractivity contribution in [3.63, 3.8) is 0 Å².